The Hall–Kier alpha value is -2.96. The van der Waals surface area contributed by atoms with Crippen LogP contribution in [0.5, 0.6) is 5.75 Å². The number of fused-ring (bicyclic) bond motifs is 2. The van der Waals surface area contributed by atoms with Crippen LogP contribution in [0.2, 0.25) is 0 Å². The van der Waals surface area contributed by atoms with E-state index < -0.39 is 6.10 Å². The number of rotatable bonds is 7. The quantitative estimate of drug-likeness (QED) is 0.552. The third-order valence-corrected chi connectivity index (χ3v) is 9.45. The predicted molar refractivity (Wildman–Crippen MR) is 143 cm³/mol. The van der Waals surface area contributed by atoms with Crippen LogP contribution in [-0.2, 0) is 11.2 Å². The number of aliphatic hydroxyl groups excluding tert-OH is 1. The summed E-state index contributed by atoms with van der Waals surface area (Å²) in [5.74, 6) is -0.0767. The van der Waals surface area contributed by atoms with Crippen LogP contribution in [0.1, 0.15) is 66.9 Å². The van der Waals surface area contributed by atoms with Gasteiger partial charge in [0.2, 0.25) is 5.91 Å². The van der Waals surface area contributed by atoms with E-state index in [0.717, 1.165) is 29.8 Å². The molecule has 1 heterocycles. The van der Waals surface area contributed by atoms with Crippen LogP contribution in [0.4, 0.5) is 5.13 Å². The van der Waals surface area contributed by atoms with Crippen molar-refractivity contribution in [3.8, 4) is 11.8 Å². The summed E-state index contributed by atoms with van der Waals surface area (Å²) in [6.45, 7) is 6.63. The van der Waals surface area contributed by atoms with Crippen LogP contribution in [0, 0.1) is 34.5 Å². The normalized spacial score (nSPS) is 27.3. The summed E-state index contributed by atoms with van der Waals surface area (Å²) in [6.07, 6.45) is 2.14. The molecule has 2 aromatic rings. The summed E-state index contributed by atoms with van der Waals surface area (Å²) < 4.78 is 5.17. The number of ether oxygens (including phenoxy) is 1. The SMILES string of the molecule is COc1ccc(C(=O)Nc2nc3c(s2)C[C@@]2(C)CC[C@@H]([C@H](C)C(=O)N(C)CCC#N)[C@H](O)[C@H]2[C@@H]3C)cc1. The van der Waals surface area contributed by atoms with E-state index in [1.54, 1.807) is 43.3 Å². The van der Waals surface area contributed by atoms with Crippen molar-refractivity contribution in [3.63, 3.8) is 0 Å². The topological polar surface area (TPSA) is 116 Å². The van der Waals surface area contributed by atoms with Crippen LogP contribution in [0.15, 0.2) is 24.3 Å². The average molecular weight is 525 g/mol. The second-order valence-electron chi connectivity index (χ2n) is 10.8. The maximum Gasteiger partial charge on any atom is 0.257 e. The standard InChI is InChI=1S/C28H36N4O4S/c1-16(26(35)32(4)14-6-13-29)20-11-12-28(3)15-21-23(17(2)22(28)24(20)33)30-27(37-21)31-25(34)18-7-9-19(36-5)10-8-18/h7-10,16-17,20,22,24,33H,6,11-12,14-15H2,1-5H3,(H,30,31,34)/t16-,17-,20-,22+,24-,28+/m0/s1. The molecule has 1 fully saturated rings. The average Bonchev–Trinajstić information content (AvgIpc) is 3.28. The molecule has 4 rings (SSSR count). The fraction of sp³-hybridized carbons (Fsp3) is 0.571. The van der Waals surface area contributed by atoms with Crippen LogP contribution in [0.3, 0.4) is 0 Å². The molecule has 198 valence electrons. The zero-order valence-corrected chi connectivity index (χ0v) is 23.0. The number of carbonyl (C=O) groups excluding carboxylic acids is 2. The van der Waals surface area contributed by atoms with E-state index in [1.807, 2.05) is 6.92 Å². The third-order valence-electron chi connectivity index (χ3n) is 8.46. The molecule has 2 N–H and O–H groups in total. The third kappa shape index (κ3) is 5.23. The van der Waals surface area contributed by atoms with Crippen molar-refractivity contribution in [2.75, 3.05) is 26.0 Å². The van der Waals surface area contributed by atoms with E-state index in [2.05, 4.69) is 25.2 Å². The molecule has 0 radical (unpaired) electrons. The molecule has 0 unspecified atom stereocenters. The number of nitrogens with one attached hydrogen (secondary N) is 1. The summed E-state index contributed by atoms with van der Waals surface area (Å²) >= 11 is 1.51. The fourth-order valence-electron chi connectivity index (χ4n) is 6.37. The lowest BCUT2D eigenvalue weighted by atomic mass is 9.53. The van der Waals surface area contributed by atoms with Gasteiger partial charge in [-0.15, -0.1) is 11.3 Å². The Labute approximate surface area is 222 Å². The lowest BCUT2D eigenvalue weighted by molar-refractivity contribution is -0.143. The molecule has 37 heavy (non-hydrogen) atoms. The van der Waals surface area contributed by atoms with Crippen LogP contribution in [-0.4, -0.2) is 53.6 Å². The summed E-state index contributed by atoms with van der Waals surface area (Å²) in [5, 5.41) is 24.0. The summed E-state index contributed by atoms with van der Waals surface area (Å²) in [4.78, 5) is 33.4. The monoisotopic (exact) mass is 524 g/mol. The Morgan fingerprint density at radius 3 is 2.73 bits per heavy atom. The molecule has 0 bridgehead atoms. The van der Waals surface area contributed by atoms with Crippen LogP contribution < -0.4 is 10.1 Å². The van der Waals surface area contributed by atoms with Crippen molar-refractivity contribution < 1.29 is 19.4 Å². The molecule has 0 spiro atoms. The van der Waals surface area contributed by atoms with Crippen molar-refractivity contribution in [2.24, 2.45) is 23.2 Å². The van der Waals surface area contributed by atoms with Crippen molar-refractivity contribution in [1.82, 2.24) is 9.88 Å². The number of aromatic nitrogens is 1. The highest BCUT2D eigenvalue weighted by Gasteiger charge is 2.54. The van der Waals surface area contributed by atoms with E-state index in [1.165, 1.54) is 11.3 Å². The minimum atomic E-state index is -0.635. The van der Waals surface area contributed by atoms with Gasteiger partial charge in [0.05, 0.1) is 31.4 Å². The molecule has 0 aliphatic heterocycles. The molecule has 0 saturated heterocycles. The zero-order valence-electron chi connectivity index (χ0n) is 22.2. The van der Waals surface area contributed by atoms with E-state index in [9.17, 15) is 14.7 Å². The largest absolute Gasteiger partial charge is 0.497 e. The van der Waals surface area contributed by atoms with Gasteiger partial charge < -0.3 is 14.7 Å². The number of hydrogen-bond donors (Lipinski definition) is 2. The maximum atomic E-state index is 13.0. The first kappa shape index (κ1) is 27.1. The molecule has 8 nitrogen and oxygen atoms in total. The van der Waals surface area contributed by atoms with Crippen molar-refractivity contribution in [3.05, 3.63) is 40.4 Å². The Morgan fingerprint density at radius 1 is 1.38 bits per heavy atom. The zero-order chi connectivity index (χ0) is 26.9. The Bertz CT molecular complexity index is 1190. The van der Waals surface area contributed by atoms with Gasteiger partial charge in [-0.25, -0.2) is 4.98 Å². The number of aliphatic hydroxyl groups is 1. The number of nitrogens with zero attached hydrogens (tertiary/aromatic N) is 3. The van der Waals surface area contributed by atoms with Gasteiger partial charge in [0.1, 0.15) is 5.75 Å². The number of nitriles is 1. The fourth-order valence-corrected chi connectivity index (χ4v) is 7.63. The van der Waals surface area contributed by atoms with Crippen LogP contribution >= 0.6 is 11.3 Å². The highest BCUT2D eigenvalue weighted by Crippen LogP contribution is 2.57. The first-order valence-corrected chi connectivity index (χ1v) is 13.7. The number of carbonyl (C=O) groups is 2. The van der Waals surface area contributed by atoms with Gasteiger partial charge in [0.25, 0.3) is 5.91 Å². The smallest absolute Gasteiger partial charge is 0.257 e. The summed E-state index contributed by atoms with van der Waals surface area (Å²) in [6, 6.07) is 9.02. The molecule has 2 amide bonds. The summed E-state index contributed by atoms with van der Waals surface area (Å²) in [7, 11) is 3.31. The van der Waals surface area contributed by atoms with E-state index in [-0.39, 0.29) is 40.9 Å². The molecule has 1 aromatic carbocycles. The van der Waals surface area contributed by atoms with Gasteiger partial charge in [-0.05, 0) is 60.8 Å². The lowest BCUT2D eigenvalue weighted by Crippen LogP contribution is -2.53. The van der Waals surface area contributed by atoms with Gasteiger partial charge in [0.15, 0.2) is 5.13 Å². The lowest BCUT2D eigenvalue weighted by Gasteiger charge is -2.53. The number of benzene rings is 1. The Balaban J connectivity index is 1.51. The molecule has 1 aromatic heterocycles. The van der Waals surface area contributed by atoms with Gasteiger partial charge in [-0.3, -0.25) is 14.9 Å². The molecular formula is C28H36N4O4S. The Morgan fingerprint density at radius 2 is 2.08 bits per heavy atom. The number of thiazole rings is 1. The van der Waals surface area contributed by atoms with Crippen molar-refractivity contribution in [1.29, 1.82) is 5.26 Å². The van der Waals surface area contributed by atoms with Gasteiger partial charge in [0, 0.05) is 35.9 Å². The number of hydrogen-bond acceptors (Lipinski definition) is 7. The van der Waals surface area contributed by atoms with Crippen LogP contribution in [0.25, 0.3) is 0 Å². The molecule has 2 aliphatic rings. The molecular weight excluding hydrogens is 488 g/mol. The number of methoxy groups -OCH3 is 1. The highest BCUT2D eigenvalue weighted by atomic mass is 32.1. The highest BCUT2D eigenvalue weighted by molar-refractivity contribution is 7.15. The van der Waals surface area contributed by atoms with Crippen molar-refractivity contribution in [2.45, 2.75) is 58.5 Å². The maximum absolute atomic E-state index is 13.0. The van der Waals surface area contributed by atoms with Gasteiger partial charge in [-0.2, -0.15) is 5.26 Å². The van der Waals surface area contributed by atoms with Crippen molar-refractivity contribution >= 4 is 28.3 Å². The predicted octanol–water partition coefficient (Wildman–Crippen LogP) is 4.47. The first-order valence-electron chi connectivity index (χ1n) is 12.8. The second-order valence-corrected chi connectivity index (χ2v) is 11.9. The number of anilines is 1. The Kier molecular flexibility index (Phi) is 7.91. The first-order chi connectivity index (χ1) is 17.6. The minimum Gasteiger partial charge on any atom is -0.497 e. The van der Waals surface area contributed by atoms with E-state index >= 15 is 0 Å². The summed E-state index contributed by atoms with van der Waals surface area (Å²) in [5.41, 5.74) is 1.35. The molecule has 6 atom stereocenters. The van der Waals surface area contributed by atoms with E-state index in [4.69, 9.17) is 15.0 Å². The number of amides is 2. The van der Waals surface area contributed by atoms with Gasteiger partial charge in [-0.1, -0.05) is 20.8 Å². The second kappa shape index (κ2) is 10.8. The molecule has 2 aliphatic carbocycles. The minimum absolute atomic E-state index is 0.00643. The van der Waals surface area contributed by atoms with E-state index in [0.29, 0.717) is 29.4 Å². The van der Waals surface area contributed by atoms with Gasteiger partial charge >= 0.3 is 0 Å². The molecule has 1 saturated carbocycles. The molecule has 9 heteroatoms.